The van der Waals surface area contributed by atoms with E-state index in [2.05, 4.69) is 4.74 Å². The molecular weight excluding hydrogens is 320 g/mol. The first-order valence-corrected chi connectivity index (χ1v) is 6.62. The standard InChI is InChI=1S/C12H13ClN2O7/c13-2-1-6-3-15(12(20)14-10(6)19)11-9(18)8(17)7(22-11)4-21-5-16/h1-3,5,7-9,11,17-18H,4H2,(H,14,19,20)/b2-1+. The van der Waals surface area contributed by atoms with E-state index in [1.807, 2.05) is 4.98 Å². The lowest BCUT2D eigenvalue weighted by Gasteiger charge is -2.17. The quantitative estimate of drug-likeness (QED) is 0.561. The Kier molecular flexibility index (Phi) is 5.14. The van der Waals surface area contributed by atoms with Gasteiger partial charge in [0.25, 0.3) is 12.0 Å². The molecule has 2 heterocycles. The fourth-order valence-electron chi connectivity index (χ4n) is 2.11. The molecule has 9 nitrogen and oxygen atoms in total. The Hall–Kier alpha value is -1.94. The molecule has 1 aliphatic heterocycles. The first-order valence-electron chi connectivity index (χ1n) is 6.18. The van der Waals surface area contributed by atoms with E-state index in [1.54, 1.807) is 0 Å². The van der Waals surface area contributed by atoms with Crippen LogP contribution in [0.1, 0.15) is 11.8 Å². The number of aromatic nitrogens is 2. The molecule has 0 amide bonds. The maximum atomic E-state index is 11.8. The van der Waals surface area contributed by atoms with Crippen LogP contribution in [0.15, 0.2) is 21.3 Å². The lowest BCUT2D eigenvalue weighted by Crippen LogP contribution is -2.38. The Morgan fingerprint density at radius 2 is 2.14 bits per heavy atom. The van der Waals surface area contributed by atoms with Crippen LogP contribution in [-0.4, -0.2) is 51.2 Å². The second-order valence-corrected chi connectivity index (χ2v) is 4.77. The van der Waals surface area contributed by atoms with Crippen molar-refractivity contribution in [3.8, 4) is 0 Å². The molecule has 0 aliphatic carbocycles. The van der Waals surface area contributed by atoms with Gasteiger partial charge in [0.05, 0.1) is 5.56 Å². The molecule has 4 unspecified atom stereocenters. The van der Waals surface area contributed by atoms with Crippen molar-refractivity contribution in [3.63, 3.8) is 0 Å². The van der Waals surface area contributed by atoms with Gasteiger partial charge in [-0.15, -0.1) is 0 Å². The molecule has 0 spiro atoms. The highest BCUT2D eigenvalue weighted by Gasteiger charge is 2.44. The number of nitrogens with zero attached hydrogens (tertiary/aromatic N) is 1. The highest BCUT2D eigenvalue weighted by Crippen LogP contribution is 2.28. The van der Waals surface area contributed by atoms with E-state index in [-0.39, 0.29) is 18.6 Å². The van der Waals surface area contributed by atoms with Gasteiger partial charge in [0.15, 0.2) is 6.23 Å². The summed E-state index contributed by atoms with van der Waals surface area (Å²) in [6.07, 6.45) is -2.67. The van der Waals surface area contributed by atoms with E-state index in [0.717, 1.165) is 16.3 Å². The number of carbonyl (C=O) groups excluding carboxylic acids is 1. The predicted octanol–water partition coefficient (Wildman–Crippen LogP) is -1.46. The third kappa shape index (κ3) is 3.12. The van der Waals surface area contributed by atoms with Gasteiger partial charge in [-0.2, -0.15) is 0 Å². The van der Waals surface area contributed by atoms with Crippen molar-refractivity contribution < 1.29 is 24.5 Å². The minimum atomic E-state index is -1.45. The molecule has 0 bridgehead atoms. The molecule has 1 aromatic rings. The SMILES string of the molecule is O=COCC1OC(n2cc(/C=C/Cl)c(=O)[nH]c2=O)C(O)C1O. The Morgan fingerprint density at radius 3 is 2.77 bits per heavy atom. The Bertz CT molecular complexity index is 683. The molecule has 120 valence electrons. The van der Waals surface area contributed by atoms with E-state index in [9.17, 15) is 24.6 Å². The number of ether oxygens (including phenoxy) is 2. The van der Waals surface area contributed by atoms with Crippen molar-refractivity contribution in [2.24, 2.45) is 0 Å². The molecule has 0 radical (unpaired) electrons. The average Bonchev–Trinajstić information content (AvgIpc) is 2.76. The molecule has 4 atom stereocenters. The van der Waals surface area contributed by atoms with Crippen molar-refractivity contribution in [2.75, 3.05) is 6.61 Å². The van der Waals surface area contributed by atoms with Gasteiger partial charge in [0, 0.05) is 11.7 Å². The van der Waals surface area contributed by atoms with Crippen LogP contribution in [-0.2, 0) is 14.3 Å². The van der Waals surface area contributed by atoms with E-state index in [0.29, 0.717) is 0 Å². The van der Waals surface area contributed by atoms with Gasteiger partial charge < -0.3 is 19.7 Å². The molecule has 3 N–H and O–H groups in total. The van der Waals surface area contributed by atoms with Crippen LogP contribution in [0.3, 0.4) is 0 Å². The molecule has 22 heavy (non-hydrogen) atoms. The summed E-state index contributed by atoms with van der Waals surface area (Å²) in [5.74, 6) is 0. The van der Waals surface area contributed by atoms with E-state index in [4.69, 9.17) is 16.3 Å². The van der Waals surface area contributed by atoms with Crippen LogP contribution in [0.4, 0.5) is 0 Å². The maximum Gasteiger partial charge on any atom is 0.330 e. The summed E-state index contributed by atoms with van der Waals surface area (Å²) in [6.45, 7) is -0.115. The first-order chi connectivity index (χ1) is 10.5. The summed E-state index contributed by atoms with van der Waals surface area (Å²) >= 11 is 5.40. The largest absolute Gasteiger partial charge is 0.465 e. The second-order valence-electron chi connectivity index (χ2n) is 4.52. The third-order valence-electron chi connectivity index (χ3n) is 3.18. The zero-order chi connectivity index (χ0) is 16.3. The van der Waals surface area contributed by atoms with Crippen molar-refractivity contribution in [1.29, 1.82) is 0 Å². The molecule has 0 aromatic carbocycles. The summed E-state index contributed by atoms with van der Waals surface area (Å²) in [5, 5.41) is 19.8. The number of carbonyl (C=O) groups is 1. The van der Waals surface area contributed by atoms with Gasteiger partial charge in [-0.3, -0.25) is 19.1 Å². The lowest BCUT2D eigenvalue weighted by atomic mass is 10.1. The van der Waals surface area contributed by atoms with Gasteiger partial charge in [-0.05, 0) is 6.08 Å². The Balaban J connectivity index is 2.35. The molecule has 1 aromatic heterocycles. The van der Waals surface area contributed by atoms with Crippen molar-refractivity contribution in [2.45, 2.75) is 24.5 Å². The Labute approximate surface area is 128 Å². The molecular formula is C12H13ClN2O7. The summed E-state index contributed by atoms with van der Waals surface area (Å²) in [6, 6.07) is 0. The van der Waals surface area contributed by atoms with E-state index in [1.165, 1.54) is 6.08 Å². The van der Waals surface area contributed by atoms with Crippen LogP contribution in [0, 0.1) is 0 Å². The third-order valence-corrected chi connectivity index (χ3v) is 3.30. The zero-order valence-electron chi connectivity index (χ0n) is 11.1. The maximum absolute atomic E-state index is 11.8. The topological polar surface area (TPSA) is 131 Å². The Morgan fingerprint density at radius 1 is 1.41 bits per heavy atom. The summed E-state index contributed by atoms with van der Waals surface area (Å²) < 4.78 is 10.7. The molecule has 1 fully saturated rings. The van der Waals surface area contributed by atoms with Gasteiger partial charge in [0.2, 0.25) is 0 Å². The fraction of sp³-hybridized carbons (Fsp3) is 0.417. The monoisotopic (exact) mass is 332 g/mol. The lowest BCUT2D eigenvalue weighted by molar-refractivity contribution is -0.135. The van der Waals surface area contributed by atoms with Gasteiger partial charge in [-0.1, -0.05) is 11.6 Å². The van der Waals surface area contributed by atoms with Gasteiger partial charge in [0.1, 0.15) is 24.9 Å². The van der Waals surface area contributed by atoms with Crippen LogP contribution in [0.2, 0.25) is 0 Å². The second kappa shape index (κ2) is 6.88. The highest BCUT2D eigenvalue weighted by atomic mass is 35.5. The first kappa shape index (κ1) is 16.4. The van der Waals surface area contributed by atoms with Crippen LogP contribution >= 0.6 is 11.6 Å². The van der Waals surface area contributed by atoms with Crippen LogP contribution < -0.4 is 11.2 Å². The van der Waals surface area contributed by atoms with Crippen molar-refractivity contribution >= 4 is 24.1 Å². The van der Waals surface area contributed by atoms with Crippen molar-refractivity contribution in [3.05, 3.63) is 38.1 Å². The molecule has 1 aliphatic rings. The predicted molar refractivity (Wildman–Crippen MR) is 74.1 cm³/mol. The number of aromatic amines is 1. The number of halogens is 1. The van der Waals surface area contributed by atoms with Gasteiger partial charge >= 0.3 is 5.69 Å². The summed E-state index contributed by atoms with van der Waals surface area (Å²) in [5.41, 5.74) is -0.342. The minimum Gasteiger partial charge on any atom is -0.465 e. The smallest absolute Gasteiger partial charge is 0.330 e. The number of H-pyrrole nitrogens is 1. The normalized spacial score (nSPS) is 28.1. The number of rotatable bonds is 5. The molecule has 1 saturated heterocycles. The highest BCUT2D eigenvalue weighted by molar-refractivity contribution is 6.27. The summed E-state index contributed by atoms with van der Waals surface area (Å²) in [7, 11) is 0. The van der Waals surface area contributed by atoms with Crippen LogP contribution in [0.5, 0.6) is 0 Å². The minimum absolute atomic E-state index is 0.0625. The molecule has 10 heteroatoms. The number of hydrogen-bond acceptors (Lipinski definition) is 7. The van der Waals surface area contributed by atoms with Crippen LogP contribution in [0.25, 0.3) is 6.08 Å². The van der Waals surface area contributed by atoms with E-state index >= 15 is 0 Å². The molecule has 2 rings (SSSR count). The van der Waals surface area contributed by atoms with E-state index < -0.39 is 35.8 Å². The molecule has 0 saturated carbocycles. The zero-order valence-corrected chi connectivity index (χ0v) is 11.8. The number of hydrogen-bond donors (Lipinski definition) is 3. The van der Waals surface area contributed by atoms with Crippen molar-refractivity contribution in [1.82, 2.24) is 9.55 Å². The number of aliphatic hydroxyl groups is 2. The fourth-order valence-corrected chi connectivity index (χ4v) is 2.24. The number of nitrogens with one attached hydrogen (secondary N) is 1. The van der Waals surface area contributed by atoms with Gasteiger partial charge in [-0.25, -0.2) is 4.79 Å². The average molecular weight is 333 g/mol. The number of aliphatic hydroxyl groups excluding tert-OH is 2. The summed E-state index contributed by atoms with van der Waals surface area (Å²) in [4.78, 5) is 35.6.